The first-order valence-corrected chi connectivity index (χ1v) is 9.86. The minimum Gasteiger partial charge on any atom is -0.318 e. The first-order valence-electron chi connectivity index (χ1n) is 8.46. The van der Waals surface area contributed by atoms with Gasteiger partial charge in [-0.05, 0) is 38.4 Å². The molecule has 0 aliphatic carbocycles. The Morgan fingerprint density at radius 2 is 1.54 bits per heavy atom. The van der Waals surface area contributed by atoms with Crippen LogP contribution in [0.2, 0.25) is 0 Å². The van der Waals surface area contributed by atoms with Crippen molar-refractivity contribution in [2.75, 3.05) is 48.9 Å². The van der Waals surface area contributed by atoms with Gasteiger partial charge in [-0.15, -0.1) is 24.8 Å². The van der Waals surface area contributed by atoms with E-state index >= 15 is 0 Å². The molecule has 28 heavy (non-hydrogen) atoms. The summed E-state index contributed by atoms with van der Waals surface area (Å²) in [6.45, 7) is 2.50. The second kappa shape index (κ2) is 10.3. The molecule has 0 atom stereocenters. The Morgan fingerprint density at radius 3 is 2.14 bits per heavy atom. The van der Waals surface area contributed by atoms with E-state index in [0.29, 0.717) is 24.5 Å². The van der Waals surface area contributed by atoms with Crippen molar-refractivity contribution in [3.63, 3.8) is 0 Å². The Balaban J connectivity index is 0.00000196. The summed E-state index contributed by atoms with van der Waals surface area (Å²) in [5.74, 6) is -0.570. The van der Waals surface area contributed by atoms with Crippen molar-refractivity contribution in [1.82, 2.24) is 10.2 Å². The topological polar surface area (TPSA) is 55.9 Å². The summed E-state index contributed by atoms with van der Waals surface area (Å²) in [6, 6.07) is 12.9. The molecule has 2 aromatic carbocycles. The first-order chi connectivity index (χ1) is 12.5. The largest absolute Gasteiger partial charge is 0.331 e. The van der Waals surface area contributed by atoms with E-state index in [0.717, 1.165) is 17.4 Å². The maximum atomic E-state index is 14.3. The number of fused-ring (bicyclic) bond motifs is 1. The molecule has 1 aliphatic heterocycles. The van der Waals surface area contributed by atoms with E-state index in [-0.39, 0.29) is 30.5 Å². The lowest BCUT2D eigenvalue weighted by molar-refractivity contribution is 0.345. The van der Waals surface area contributed by atoms with Crippen LogP contribution >= 0.6 is 24.8 Å². The van der Waals surface area contributed by atoms with Crippen LogP contribution in [0.3, 0.4) is 0 Å². The highest BCUT2D eigenvalue weighted by molar-refractivity contribution is 7.95. The lowest BCUT2D eigenvalue weighted by Crippen LogP contribution is -2.41. The Bertz CT molecular complexity index is 885. The van der Waals surface area contributed by atoms with Gasteiger partial charge in [0.05, 0.1) is 17.1 Å². The zero-order valence-electron chi connectivity index (χ0n) is 15.7. The lowest BCUT2D eigenvalue weighted by Gasteiger charge is -2.24. The highest BCUT2D eigenvalue weighted by atomic mass is 35.5. The van der Waals surface area contributed by atoms with E-state index in [4.69, 9.17) is 0 Å². The molecule has 0 amide bonds. The molecule has 2 aromatic rings. The zero-order chi connectivity index (χ0) is 18.7. The molecule has 1 aliphatic rings. The van der Waals surface area contributed by atoms with Gasteiger partial charge in [0, 0.05) is 26.2 Å². The number of nitrogens with one attached hydrogen (secondary N) is 1. The van der Waals surface area contributed by atoms with Crippen LogP contribution in [0.15, 0.2) is 48.5 Å². The van der Waals surface area contributed by atoms with Gasteiger partial charge in [-0.1, -0.05) is 24.3 Å². The van der Waals surface area contributed by atoms with Gasteiger partial charge in [0.1, 0.15) is 5.82 Å². The summed E-state index contributed by atoms with van der Waals surface area (Å²) in [7, 11) is -0.0731. The normalized spacial score (nSPS) is 14.4. The van der Waals surface area contributed by atoms with E-state index in [2.05, 4.69) is 10.2 Å². The summed E-state index contributed by atoms with van der Waals surface area (Å²) >= 11 is 0. The summed E-state index contributed by atoms with van der Waals surface area (Å²) in [6.07, 6.45) is 0. The van der Waals surface area contributed by atoms with Crippen LogP contribution in [-0.2, 0) is 10.2 Å². The third-order valence-corrected chi connectivity index (χ3v) is 6.17. The molecule has 3 rings (SSSR count). The average molecular weight is 451 g/mol. The summed E-state index contributed by atoms with van der Waals surface area (Å²) in [4.78, 5) is 2.06. The molecule has 1 heterocycles. The number of halogens is 3. The van der Waals surface area contributed by atoms with Gasteiger partial charge in [-0.25, -0.2) is 13.0 Å². The Morgan fingerprint density at radius 1 is 0.964 bits per heavy atom. The third kappa shape index (κ3) is 4.69. The lowest BCUT2D eigenvalue weighted by atomic mass is 10.2. The second-order valence-corrected chi connectivity index (χ2v) is 7.89. The quantitative estimate of drug-likeness (QED) is 0.704. The number of likely N-dealkylation sites (N-methyl/N-ethyl adjacent to an activating group) is 2. The maximum Gasteiger partial charge on any atom is 0.331 e. The fourth-order valence-corrected chi connectivity index (χ4v) is 4.69. The minimum absolute atomic E-state index is 0. The zero-order valence-corrected chi connectivity index (χ0v) is 18.2. The van der Waals surface area contributed by atoms with Crippen LogP contribution in [0.1, 0.15) is 0 Å². The number of hydrogen-bond donors (Lipinski definition) is 1. The van der Waals surface area contributed by atoms with E-state index in [1.807, 2.05) is 14.1 Å². The maximum absolute atomic E-state index is 14.3. The van der Waals surface area contributed by atoms with Gasteiger partial charge in [-0.3, -0.25) is 0 Å². The Hall–Kier alpha value is -1.58. The van der Waals surface area contributed by atoms with Gasteiger partial charge in [0.25, 0.3) is 0 Å². The summed E-state index contributed by atoms with van der Waals surface area (Å²) < 4.78 is 43.1. The van der Waals surface area contributed by atoms with Crippen LogP contribution in [0.25, 0.3) is 0 Å². The molecule has 0 aromatic heterocycles. The molecule has 0 saturated carbocycles. The Labute approximate surface area is 178 Å². The number of benzene rings is 2. The van der Waals surface area contributed by atoms with Crippen molar-refractivity contribution in [3.05, 3.63) is 54.3 Å². The highest BCUT2D eigenvalue weighted by Crippen LogP contribution is 2.45. The molecule has 0 saturated heterocycles. The number of nitrogens with zero attached hydrogens (tertiary/aromatic N) is 3. The van der Waals surface area contributed by atoms with Gasteiger partial charge in [0.2, 0.25) is 0 Å². The molecule has 0 fully saturated rings. The minimum atomic E-state index is -3.89. The second-order valence-electron chi connectivity index (χ2n) is 6.19. The van der Waals surface area contributed by atoms with E-state index in [1.54, 1.807) is 36.4 Å². The van der Waals surface area contributed by atoms with Crippen molar-refractivity contribution >= 4 is 52.1 Å². The third-order valence-electron chi connectivity index (χ3n) is 4.38. The van der Waals surface area contributed by atoms with Gasteiger partial charge < -0.3 is 10.2 Å². The van der Waals surface area contributed by atoms with E-state index in [9.17, 15) is 12.8 Å². The molecule has 6 nitrogen and oxygen atoms in total. The molecule has 0 bridgehead atoms. The number of para-hydroxylation sites is 3. The van der Waals surface area contributed by atoms with Crippen LogP contribution < -0.4 is 13.9 Å². The SMILES string of the molecule is CNCCN(C)CCN1c2ccccc2N(c2ccccc2F)S1(=O)=O.Cl.Cl. The van der Waals surface area contributed by atoms with Crippen LogP contribution in [-0.4, -0.2) is 53.6 Å². The average Bonchev–Trinajstić information content (AvgIpc) is 2.85. The van der Waals surface area contributed by atoms with Crippen LogP contribution in [0, 0.1) is 5.82 Å². The van der Waals surface area contributed by atoms with Crippen molar-refractivity contribution < 1.29 is 12.8 Å². The summed E-state index contributed by atoms with van der Waals surface area (Å²) in [5.41, 5.74) is 1.07. The van der Waals surface area contributed by atoms with Crippen molar-refractivity contribution in [1.29, 1.82) is 0 Å². The molecular formula is C18H25Cl2FN4O2S. The van der Waals surface area contributed by atoms with Gasteiger partial charge in [0.15, 0.2) is 0 Å². The smallest absolute Gasteiger partial charge is 0.318 e. The molecular weight excluding hydrogens is 426 g/mol. The molecule has 0 unspecified atom stereocenters. The van der Waals surface area contributed by atoms with Crippen molar-refractivity contribution in [3.8, 4) is 0 Å². The number of rotatable bonds is 7. The van der Waals surface area contributed by atoms with E-state index in [1.165, 1.54) is 16.4 Å². The standard InChI is InChI=1S/C18H23FN4O2S.2ClH/c1-20-11-12-21(2)13-14-22-17-9-5-6-10-18(17)23(26(22,24)25)16-8-4-3-7-15(16)19;;/h3-10,20H,11-14H2,1-2H3;2*1H. The molecule has 0 spiro atoms. The highest BCUT2D eigenvalue weighted by Gasteiger charge is 2.41. The van der Waals surface area contributed by atoms with Gasteiger partial charge in [-0.2, -0.15) is 8.42 Å². The first kappa shape index (κ1) is 24.5. The van der Waals surface area contributed by atoms with E-state index < -0.39 is 16.0 Å². The van der Waals surface area contributed by atoms with Gasteiger partial charge >= 0.3 is 10.2 Å². The number of hydrogen-bond acceptors (Lipinski definition) is 4. The molecule has 156 valence electrons. The predicted octanol–water partition coefficient (Wildman–Crippen LogP) is 3.02. The monoisotopic (exact) mass is 450 g/mol. The fraction of sp³-hybridized carbons (Fsp3) is 0.333. The molecule has 0 radical (unpaired) electrons. The van der Waals surface area contributed by atoms with Crippen molar-refractivity contribution in [2.24, 2.45) is 0 Å². The molecule has 1 N–H and O–H groups in total. The predicted molar refractivity (Wildman–Crippen MR) is 117 cm³/mol. The fourth-order valence-electron chi connectivity index (χ4n) is 2.98. The summed E-state index contributed by atoms with van der Waals surface area (Å²) in [5, 5.41) is 3.07. The Kier molecular flexibility index (Phi) is 8.97. The molecule has 10 heteroatoms. The van der Waals surface area contributed by atoms with Crippen LogP contribution in [0.4, 0.5) is 21.5 Å². The van der Waals surface area contributed by atoms with Crippen molar-refractivity contribution in [2.45, 2.75) is 0 Å². The number of anilines is 3. The van der Waals surface area contributed by atoms with Crippen LogP contribution in [0.5, 0.6) is 0 Å².